The van der Waals surface area contributed by atoms with Crippen LogP contribution in [0.4, 0.5) is 8.78 Å². The summed E-state index contributed by atoms with van der Waals surface area (Å²) in [6.45, 7) is 1.57. The monoisotopic (exact) mass is 364 g/mol. The summed E-state index contributed by atoms with van der Waals surface area (Å²) in [6, 6.07) is 7.33. The summed E-state index contributed by atoms with van der Waals surface area (Å²) in [4.78, 5) is 0. The predicted molar refractivity (Wildman–Crippen MR) is 77.9 cm³/mol. The van der Waals surface area contributed by atoms with Gasteiger partial charge in [0.2, 0.25) is 0 Å². The Balaban J connectivity index is 2.49. The Morgan fingerprint density at radius 2 is 1.74 bits per heavy atom. The summed E-state index contributed by atoms with van der Waals surface area (Å²) in [5.74, 6) is -1.25. The maximum absolute atomic E-state index is 13.8. The van der Waals surface area contributed by atoms with Crippen molar-refractivity contribution in [1.29, 1.82) is 0 Å². The van der Waals surface area contributed by atoms with Crippen molar-refractivity contribution in [2.75, 3.05) is 0 Å². The third-order valence-electron chi connectivity index (χ3n) is 2.79. The highest BCUT2D eigenvalue weighted by Gasteiger charge is 2.19. The van der Waals surface area contributed by atoms with E-state index >= 15 is 0 Å². The fraction of sp³-hybridized carbons (Fsp3) is 0.143. The number of benzene rings is 2. The summed E-state index contributed by atoms with van der Waals surface area (Å²) in [5, 5.41) is -0.166. The normalized spacial score (nSPS) is 12.5. The first-order valence-corrected chi connectivity index (χ1v) is 7.05. The lowest BCUT2D eigenvalue weighted by atomic mass is 10.0. The van der Waals surface area contributed by atoms with Crippen molar-refractivity contribution in [2.45, 2.75) is 12.3 Å². The quantitative estimate of drug-likeness (QED) is 0.571. The van der Waals surface area contributed by atoms with E-state index in [1.165, 1.54) is 6.07 Å². The van der Waals surface area contributed by atoms with Crippen molar-refractivity contribution in [3.8, 4) is 0 Å². The molecule has 0 aliphatic carbocycles. The van der Waals surface area contributed by atoms with Crippen molar-refractivity contribution >= 4 is 39.1 Å². The highest BCUT2D eigenvalue weighted by molar-refractivity contribution is 9.10. The van der Waals surface area contributed by atoms with Crippen LogP contribution in [0.5, 0.6) is 0 Å². The second-order valence-corrected chi connectivity index (χ2v) is 5.88. The molecule has 0 fully saturated rings. The minimum absolute atomic E-state index is 0.239. The minimum atomic E-state index is -0.717. The summed E-state index contributed by atoms with van der Waals surface area (Å²) in [6.07, 6.45) is 0. The molecule has 0 aliphatic heterocycles. The van der Waals surface area contributed by atoms with Crippen LogP contribution >= 0.6 is 39.1 Å². The highest BCUT2D eigenvalue weighted by Crippen LogP contribution is 2.36. The molecule has 2 rings (SSSR count). The van der Waals surface area contributed by atoms with Gasteiger partial charge in [-0.25, -0.2) is 8.78 Å². The summed E-state index contributed by atoms with van der Waals surface area (Å²) >= 11 is 15.5. The second kappa shape index (κ2) is 5.78. The van der Waals surface area contributed by atoms with Crippen molar-refractivity contribution in [1.82, 2.24) is 0 Å². The van der Waals surface area contributed by atoms with E-state index in [-0.39, 0.29) is 5.56 Å². The molecular formula is C14H9BrCl2F2. The molecule has 0 spiro atoms. The minimum Gasteiger partial charge on any atom is -0.207 e. The molecule has 0 amide bonds. The molecule has 1 atom stereocenters. The van der Waals surface area contributed by atoms with Crippen LogP contribution in [-0.2, 0) is 0 Å². The Morgan fingerprint density at radius 1 is 1.05 bits per heavy atom. The fourth-order valence-corrected chi connectivity index (χ4v) is 3.15. The van der Waals surface area contributed by atoms with E-state index in [1.54, 1.807) is 25.1 Å². The molecule has 19 heavy (non-hydrogen) atoms. The Labute approximate surface area is 128 Å². The van der Waals surface area contributed by atoms with Crippen molar-refractivity contribution < 1.29 is 8.78 Å². The van der Waals surface area contributed by atoms with Crippen molar-refractivity contribution in [2.24, 2.45) is 0 Å². The van der Waals surface area contributed by atoms with Crippen LogP contribution in [0.25, 0.3) is 0 Å². The van der Waals surface area contributed by atoms with Gasteiger partial charge in [0.05, 0.1) is 5.38 Å². The van der Waals surface area contributed by atoms with Crippen LogP contribution in [-0.4, -0.2) is 0 Å². The van der Waals surface area contributed by atoms with Crippen LogP contribution in [0.15, 0.2) is 34.8 Å². The van der Waals surface area contributed by atoms with E-state index in [0.29, 0.717) is 20.6 Å². The molecule has 0 aromatic heterocycles. The van der Waals surface area contributed by atoms with Gasteiger partial charge in [-0.3, -0.25) is 0 Å². The molecule has 0 bridgehead atoms. The maximum Gasteiger partial charge on any atom is 0.131 e. The number of alkyl halides is 1. The van der Waals surface area contributed by atoms with E-state index in [4.69, 9.17) is 23.2 Å². The Bertz CT molecular complexity index is 629. The Morgan fingerprint density at radius 3 is 2.37 bits per heavy atom. The largest absolute Gasteiger partial charge is 0.207 e. The second-order valence-electron chi connectivity index (χ2n) is 4.15. The Hall–Kier alpha value is -0.640. The Kier molecular flexibility index (Phi) is 4.49. The molecule has 1 unspecified atom stereocenters. The standard InChI is InChI=1S/C14H9BrCl2F2/c1-7-4-10(13(19)6-12(7)18)14(17)9-3-2-8(16)5-11(9)15/h2-6,14H,1H3. The smallest absolute Gasteiger partial charge is 0.131 e. The molecule has 2 aromatic carbocycles. The van der Waals surface area contributed by atoms with Gasteiger partial charge in [0.15, 0.2) is 0 Å². The van der Waals surface area contributed by atoms with E-state index in [0.717, 1.165) is 6.07 Å². The van der Waals surface area contributed by atoms with Crippen LogP contribution in [0, 0.1) is 18.6 Å². The van der Waals surface area contributed by atoms with E-state index in [9.17, 15) is 8.78 Å². The van der Waals surface area contributed by atoms with Gasteiger partial charge in [-0.05, 0) is 36.2 Å². The SMILES string of the molecule is Cc1cc(C(Cl)c2ccc(Cl)cc2Br)c(F)cc1F. The zero-order valence-electron chi connectivity index (χ0n) is 9.85. The number of halogens is 5. The van der Waals surface area contributed by atoms with Gasteiger partial charge in [-0.15, -0.1) is 11.6 Å². The number of rotatable bonds is 2. The molecule has 100 valence electrons. The molecular weight excluding hydrogens is 357 g/mol. The van der Waals surface area contributed by atoms with Crippen LogP contribution in [0.3, 0.4) is 0 Å². The van der Waals surface area contributed by atoms with Gasteiger partial charge < -0.3 is 0 Å². The van der Waals surface area contributed by atoms with Crippen LogP contribution < -0.4 is 0 Å². The third kappa shape index (κ3) is 3.10. The molecule has 2 aromatic rings. The zero-order chi connectivity index (χ0) is 14.2. The van der Waals surface area contributed by atoms with Crippen LogP contribution in [0.1, 0.15) is 22.1 Å². The topological polar surface area (TPSA) is 0 Å². The van der Waals surface area contributed by atoms with Gasteiger partial charge in [0.1, 0.15) is 11.6 Å². The lowest BCUT2D eigenvalue weighted by molar-refractivity contribution is 0.568. The molecule has 5 heteroatoms. The number of aryl methyl sites for hydroxylation is 1. The summed E-state index contributed by atoms with van der Waals surface area (Å²) < 4.78 is 27.7. The average molecular weight is 366 g/mol. The third-order valence-corrected chi connectivity index (χ3v) is 4.18. The van der Waals surface area contributed by atoms with Gasteiger partial charge in [0, 0.05) is 21.1 Å². The lowest BCUT2D eigenvalue weighted by Crippen LogP contribution is -2.00. The first-order valence-electron chi connectivity index (χ1n) is 5.44. The zero-order valence-corrected chi connectivity index (χ0v) is 13.0. The van der Waals surface area contributed by atoms with Gasteiger partial charge >= 0.3 is 0 Å². The van der Waals surface area contributed by atoms with Gasteiger partial charge in [-0.1, -0.05) is 33.6 Å². The van der Waals surface area contributed by atoms with Crippen molar-refractivity contribution in [3.05, 3.63) is 68.2 Å². The maximum atomic E-state index is 13.8. The lowest BCUT2D eigenvalue weighted by Gasteiger charge is -2.14. The predicted octanol–water partition coefficient (Wildman–Crippen LogP) is 6.02. The van der Waals surface area contributed by atoms with E-state index < -0.39 is 17.0 Å². The first-order chi connectivity index (χ1) is 8.90. The van der Waals surface area contributed by atoms with Gasteiger partial charge in [0.25, 0.3) is 0 Å². The van der Waals surface area contributed by atoms with E-state index in [2.05, 4.69) is 15.9 Å². The average Bonchev–Trinajstić information content (AvgIpc) is 2.33. The molecule has 0 saturated heterocycles. The number of hydrogen-bond acceptors (Lipinski definition) is 0. The highest BCUT2D eigenvalue weighted by atomic mass is 79.9. The molecule has 0 heterocycles. The number of hydrogen-bond donors (Lipinski definition) is 0. The molecule has 0 radical (unpaired) electrons. The molecule has 0 N–H and O–H groups in total. The summed E-state index contributed by atoms with van der Waals surface area (Å²) in [7, 11) is 0. The fourth-order valence-electron chi connectivity index (χ4n) is 1.75. The molecule has 0 nitrogen and oxygen atoms in total. The molecule has 0 saturated carbocycles. The molecule has 0 aliphatic rings. The summed E-state index contributed by atoms with van der Waals surface area (Å²) in [5.41, 5.74) is 1.27. The van der Waals surface area contributed by atoms with Crippen LogP contribution in [0.2, 0.25) is 5.02 Å². The van der Waals surface area contributed by atoms with Crippen molar-refractivity contribution in [3.63, 3.8) is 0 Å². The first kappa shape index (κ1) is 14.8. The van der Waals surface area contributed by atoms with Gasteiger partial charge in [-0.2, -0.15) is 0 Å². The van der Waals surface area contributed by atoms with E-state index in [1.807, 2.05) is 0 Å².